The van der Waals surface area contributed by atoms with Crippen LogP contribution in [0.1, 0.15) is 24.4 Å². The second-order valence-corrected chi connectivity index (χ2v) is 3.77. The fourth-order valence-electron chi connectivity index (χ4n) is 1.45. The Hall–Kier alpha value is -1.68. The van der Waals surface area contributed by atoms with Gasteiger partial charge < -0.3 is 9.63 Å². The molecule has 0 spiro atoms. The van der Waals surface area contributed by atoms with E-state index in [1.165, 1.54) is 6.07 Å². The van der Waals surface area contributed by atoms with Crippen LogP contribution in [0.4, 0.5) is 4.39 Å². The summed E-state index contributed by atoms with van der Waals surface area (Å²) in [5.74, 6) is -0.0213. The minimum atomic E-state index is -0.742. The average molecular weight is 221 g/mol. The van der Waals surface area contributed by atoms with Gasteiger partial charge in [0, 0.05) is 11.6 Å². The van der Waals surface area contributed by atoms with Crippen molar-refractivity contribution in [1.29, 1.82) is 0 Å². The molecule has 2 rings (SSSR count). The number of aliphatic hydroxyl groups excluding tert-OH is 1. The van der Waals surface area contributed by atoms with Crippen LogP contribution in [0.25, 0.3) is 11.3 Å². The molecule has 1 heterocycles. The maximum Gasteiger partial charge on any atom is 0.165 e. The highest BCUT2D eigenvalue weighted by molar-refractivity contribution is 5.60. The lowest BCUT2D eigenvalue weighted by molar-refractivity contribution is 0.158. The molecule has 2 aromatic rings. The maximum atomic E-state index is 13.5. The topological polar surface area (TPSA) is 46.3 Å². The van der Waals surface area contributed by atoms with Crippen molar-refractivity contribution < 1.29 is 14.0 Å². The Morgan fingerprint density at radius 2 is 2.12 bits per heavy atom. The lowest BCUT2D eigenvalue weighted by Crippen LogP contribution is -1.87. The third kappa shape index (κ3) is 1.97. The molecular formula is C12H12FNO2. The predicted molar refractivity (Wildman–Crippen MR) is 57.3 cm³/mol. The van der Waals surface area contributed by atoms with Gasteiger partial charge in [0.1, 0.15) is 17.6 Å². The molecule has 1 N–H and O–H groups in total. The van der Waals surface area contributed by atoms with E-state index in [1.807, 2.05) is 6.92 Å². The molecule has 0 saturated heterocycles. The molecule has 0 bridgehead atoms. The molecule has 3 nitrogen and oxygen atoms in total. The van der Waals surface area contributed by atoms with E-state index in [2.05, 4.69) is 5.16 Å². The second kappa shape index (κ2) is 4.06. The van der Waals surface area contributed by atoms with Crippen LogP contribution in [0.15, 0.2) is 28.8 Å². The van der Waals surface area contributed by atoms with Gasteiger partial charge in [-0.1, -0.05) is 16.8 Å². The lowest BCUT2D eigenvalue weighted by atomic mass is 10.1. The zero-order chi connectivity index (χ0) is 11.7. The molecule has 4 heteroatoms. The van der Waals surface area contributed by atoms with Gasteiger partial charge in [-0.25, -0.2) is 4.39 Å². The molecule has 0 aliphatic rings. The molecule has 1 unspecified atom stereocenters. The molecule has 1 aromatic carbocycles. The minimum absolute atomic E-state index is 0.330. The van der Waals surface area contributed by atoms with Crippen LogP contribution in [-0.2, 0) is 0 Å². The maximum absolute atomic E-state index is 13.5. The Morgan fingerprint density at radius 3 is 2.75 bits per heavy atom. The van der Waals surface area contributed by atoms with E-state index < -0.39 is 6.10 Å². The molecule has 0 aliphatic heterocycles. The first-order valence-corrected chi connectivity index (χ1v) is 4.99. The number of hydrogen-bond donors (Lipinski definition) is 1. The molecular weight excluding hydrogens is 209 g/mol. The summed E-state index contributed by atoms with van der Waals surface area (Å²) in [6, 6.07) is 6.32. The zero-order valence-electron chi connectivity index (χ0n) is 9.07. The largest absolute Gasteiger partial charge is 0.385 e. The highest BCUT2D eigenvalue weighted by atomic mass is 19.1. The summed E-state index contributed by atoms with van der Waals surface area (Å²) < 4.78 is 18.4. The Labute approximate surface area is 92.5 Å². The summed E-state index contributed by atoms with van der Waals surface area (Å²) in [4.78, 5) is 0. The molecule has 1 atom stereocenters. The minimum Gasteiger partial charge on any atom is -0.385 e. The van der Waals surface area contributed by atoms with Crippen LogP contribution in [-0.4, -0.2) is 10.3 Å². The highest BCUT2D eigenvalue weighted by Gasteiger charge is 2.13. The number of aliphatic hydroxyl groups is 1. The van der Waals surface area contributed by atoms with Crippen molar-refractivity contribution in [2.75, 3.05) is 0 Å². The standard InChI is InChI=1S/C12H12FNO2/c1-7-3-4-10(13)9(5-7)11-6-12(8(2)15)16-14-11/h3-6,8,15H,1-2H3. The van der Waals surface area contributed by atoms with Crippen LogP contribution >= 0.6 is 0 Å². The number of hydrogen-bond acceptors (Lipinski definition) is 3. The van der Waals surface area contributed by atoms with Gasteiger partial charge in [0.15, 0.2) is 5.76 Å². The summed E-state index contributed by atoms with van der Waals surface area (Å²) in [6.45, 7) is 3.44. The van der Waals surface area contributed by atoms with E-state index in [9.17, 15) is 9.50 Å². The van der Waals surface area contributed by atoms with Crippen molar-refractivity contribution in [2.45, 2.75) is 20.0 Å². The molecule has 0 aliphatic carbocycles. The number of nitrogens with zero attached hydrogens (tertiary/aromatic N) is 1. The molecule has 0 fully saturated rings. The first-order chi connectivity index (χ1) is 7.58. The molecule has 0 amide bonds. The van der Waals surface area contributed by atoms with E-state index in [4.69, 9.17) is 4.52 Å². The zero-order valence-corrected chi connectivity index (χ0v) is 9.07. The average Bonchev–Trinajstić information content (AvgIpc) is 2.70. The van der Waals surface area contributed by atoms with Crippen molar-refractivity contribution >= 4 is 0 Å². The van der Waals surface area contributed by atoms with Crippen molar-refractivity contribution in [3.05, 3.63) is 41.4 Å². The molecule has 0 radical (unpaired) electrons. The summed E-state index contributed by atoms with van der Waals surface area (Å²) >= 11 is 0. The van der Waals surface area contributed by atoms with Gasteiger partial charge in [0.2, 0.25) is 0 Å². The third-order valence-electron chi connectivity index (χ3n) is 2.34. The first kappa shape index (κ1) is 10.8. The summed E-state index contributed by atoms with van der Waals surface area (Å²) in [6.07, 6.45) is -0.742. The van der Waals surface area contributed by atoms with E-state index in [1.54, 1.807) is 25.1 Å². The van der Waals surface area contributed by atoms with Crippen molar-refractivity contribution in [3.8, 4) is 11.3 Å². The summed E-state index contributed by atoms with van der Waals surface area (Å²) in [5, 5.41) is 13.0. The van der Waals surface area contributed by atoms with Gasteiger partial charge in [0.25, 0.3) is 0 Å². The smallest absolute Gasteiger partial charge is 0.165 e. The molecule has 16 heavy (non-hydrogen) atoms. The van der Waals surface area contributed by atoms with Gasteiger partial charge in [-0.3, -0.25) is 0 Å². The Kier molecular flexibility index (Phi) is 2.75. The normalized spacial score (nSPS) is 12.8. The van der Waals surface area contributed by atoms with Crippen LogP contribution < -0.4 is 0 Å². The number of aromatic nitrogens is 1. The highest BCUT2D eigenvalue weighted by Crippen LogP contribution is 2.25. The Bertz CT molecular complexity index is 505. The van der Waals surface area contributed by atoms with Crippen molar-refractivity contribution in [2.24, 2.45) is 0 Å². The molecule has 1 aromatic heterocycles. The second-order valence-electron chi connectivity index (χ2n) is 3.77. The lowest BCUT2D eigenvalue weighted by Gasteiger charge is -1.99. The third-order valence-corrected chi connectivity index (χ3v) is 2.34. The SMILES string of the molecule is Cc1ccc(F)c(-c2cc(C(C)O)on2)c1. The number of halogens is 1. The first-order valence-electron chi connectivity index (χ1n) is 4.99. The predicted octanol–water partition coefficient (Wildman–Crippen LogP) is 2.84. The quantitative estimate of drug-likeness (QED) is 0.848. The van der Waals surface area contributed by atoms with Crippen LogP contribution in [0.5, 0.6) is 0 Å². The summed E-state index contributed by atoms with van der Waals surface area (Å²) in [5.41, 5.74) is 1.73. The van der Waals surface area contributed by atoms with E-state index in [0.717, 1.165) is 5.56 Å². The molecule has 84 valence electrons. The van der Waals surface area contributed by atoms with Gasteiger partial charge >= 0.3 is 0 Å². The Morgan fingerprint density at radius 1 is 1.38 bits per heavy atom. The van der Waals surface area contributed by atoms with E-state index in [-0.39, 0.29) is 5.82 Å². The van der Waals surface area contributed by atoms with Crippen molar-refractivity contribution in [3.63, 3.8) is 0 Å². The van der Waals surface area contributed by atoms with Gasteiger partial charge in [-0.2, -0.15) is 0 Å². The number of rotatable bonds is 2. The van der Waals surface area contributed by atoms with E-state index in [0.29, 0.717) is 17.0 Å². The summed E-state index contributed by atoms with van der Waals surface area (Å²) in [7, 11) is 0. The Balaban J connectivity index is 2.46. The monoisotopic (exact) mass is 221 g/mol. The van der Waals surface area contributed by atoms with Crippen LogP contribution in [0, 0.1) is 12.7 Å². The van der Waals surface area contributed by atoms with Gasteiger partial charge in [-0.15, -0.1) is 0 Å². The number of benzene rings is 1. The van der Waals surface area contributed by atoms with Crippen LogP contribution in [0.2, 0.25) is 0 Å². The molecule has 0 saturated carbocycles. The van der Waals surface area contributed by atoms with Gasteiger partial charge in [-0.05, 0) is 26.0 Å². The number of aryl methyl sites for hydroxylation is 1. The van der Waals surface area contributed by atoms with Crippen LogP contribution in [0.3, 0.4) is 0 Å². The fourth-order valence-corrected chi connectivity index (χ4v) is 1.45. The van der Waals surface area contributed by atoms with Crippen molar-refractivity contribution in [1.82, 2.24) is 5.16 Å². The van der Waals surface area contributed by atoms with Gasteiger partial charge in [0.05, 0.1) is 0 Å². The van der Waals surface area contributed by atoms with E-state index >= 15 is 0 Å². The fraction of sp³-hybridized carbons (Fsp3) is 0.250.